The minimum atomic E-state index is -4.75. The van der Waals surface area contributed by atoms with E-state index in [4.69, 9.17) is 0 Å². The van der Waals surface area contributed by atoms with Gasteiger partial charge in [0.05, 0.1) is 11.7 Å². The van der Waals surface area contributed by atoms with Gasteiger partial charge in [-0.2, -0.15) is 31.1 Å². The van der Waals surface area contributed by atoms with E-state index < -0.39 is 46.9 Å². The Morgan fingerprint density at radius 1 is 1.16 bits per heavy atom. The van der Waals surface area contributed by atoms with Gasteiger partial charge in [-0.15, -0.1) is 0 Å². The topological polar surface area (TPSA) is 85.0 Å². The summed E-state index contributed by atoms with van der Waals surface area (Å²) in [6.07, 6.45) is -8.33. The largest absolute Gasteiger partial charge is 0.619 e. The molecule has 0 radical (unpaired) electrons. The molecule has 6 nitrogen and oxygen atoms in total. The molecule has 0 amide bonds. The van der Waals surface area contributed by atoms with Crippen LogP contribution in [0.5, 0.6) is 0 Å². The highest BCUT2D eigenvalue weighted by atomic mass is 19.4. The number of aliphatic hydroxyl groups excluding tert-OH is 1. The highest BCUT2D eigenvalue weighted by Gasteiger charge is 2.48. The average Bonchev–Trinajstić information content (AvgIpc) is 2.64. The molecule has 0 unspecified atom stereocenters. The second-order valence-electron chi connectivity index (χ2n) is 8.06. The van der Waals surface area contributed by atoms with Gasteiger partial charge >= 0.3 is 12.4 Å². The summed E-state index contributed by atoms with van der Waals surface area (Å²) in [6, 6.07) is 0.170. The van der Waals surface area contributed by atoms with Crippen LogP contribution in [0.1, 0.15) is 42.8 Å². The predicted molar refractivity (Wildman–Crippen MR) is 96.7 cm³/mol. The van der Waals surface area contributed by atoms with Crippen molar-refractivity contribution in [1.29, 1.82) is 0 Å². The highest BCUT2D eigenvalue weighted by Crippen LogP contribution is 2.43. The lowest BCUT2D eigenvalue weighted by atomic mass is 9.64. The first-order valence-electron chi connectivity index (χ1n) is 9.36. The molecule has 1 fully saturated rings. The molecule has 2 aromatic rings. The fourth-order valence-corrected chi connectivity index (χ4v) is 3.41. The SMILES string of the molecule is CC1(C)[C@@H](O)C[C@H]1Nc1nc(CCc2c[n+]([O-])ccc2C(F)(F)F)ncc1C(F)(F)F. The van der Waals surface area contributed by atoms with Gasteiger partial charge in [0.1, 0.15) is 17.2 Å². The van der Waals surface area contributed by atoms with Gasteiger partial charge in [0, 0.05) is 35.7 Å². The molecule has 2 aromatic heterocycles. The summed E-state index contributed by atoms with van der Waals surface area (Å²) in [6.45, 7) is 3.39. The first kappa shape index (κ1) is 23.0. The summed E-state index contributed by atoms with van der Waals surface area (Å²) >= 11 is 0. The first-order chi connectivity index (χ1) is 14.2. The lowest BCUT2D eigenvalue weighted by Gasteiger charge is -2.49. The summed E-state index contributed by atoms with van der Waals surface area (Å²) in [5.41, 5.74) is -3.11. The van der Waals surface area contributed by atoms with E-state index in [2.05, 4.69) is 15.3 Å². The minimum absolute atomic E-state index is 0.109. The zero-order chi connectivity index (χ0) is 23.2. The standard InChI is InChI=1S/C19H20F6N4O2/c1-17(2)13(7-14(17)30)27-16-12(19(23,24)25)8-26-15(28-16)4-3-10-9-29(31)6-5-11(10)18(20,21)22/h5-6,8-9,13-14,30H,3-4,7H2,1-2H3,(H,26,27,28)/t13-,14+/m1/s1. The van der Waals surface area contributed by atoms with Crippen molar-refractivity contribution >= 4 is 5.82 Å². The van der Waals surface area contributed by atoms with Crippen LogP contribution in [-0.2, 0) is 25.2 Å². The van der Waals surface area contributed by atoms with Gasteiger partial charge in [0.25, 0.3) is 0 Å². The number of halogens is 6. The molecule has 1 aliphatic rings. The summed E-state index contributed by atoms with van der Waals surface area (Å²) in [5, 5.41) is 23.9. The van der Waals surface area contributed by atoms with E-state index in [1.807, 2.05) is 0 Å². The molecular weight excluding hydrogens is 430 g/mol. The summed E-state index contributed by atoms with van der Waals surface area (Å²) in [4.78, 5) is 7.54. The maximum atomic E-state index is 13.4. The quantitative estimate of drug-likeness (QED) is 0.414. The molecule has 2 heterocycles. The van der Waals surface area contributed by atoms with Crippen molar-refractivity contribution in [2.75, 3.05) is 5.32 Å². The van der Waals surface area contributed by atoms with E-state index in [0.29, 0.717) is 12.3 Å². The molecule has 170 valence electrons. The van der Waals surface area contributed by atoms with Crippen LogP contribution in [0.15, 0.2) is 24.7 Å². The number of nitrogens with one attached hydrogen (secondary N) is 1. The Bertz CT molecular complexity index is 961. The van der Waals surface area contributed by atoms with Crippen molar-refractivity contribution in [2.24, 2.45) is 5.41 Å². The smallest absolute Gasteiger partial charge is 0.421 e. The van der Waals surface area contributed by atoms with Gasteiger partial charge in [-0.3, -0.25) is 0 Å². The molecule has 2 atom stereocenters. The van der Waals surface area contributed by atoms with Crippen LogP contribution in [0.2, 0.25) is 0 Å². The average molecular weight is 450 g/mol. The second kappa shape index (κ2) is 7.81. The monoisotopic (exact) mass is 450 g/mol. The number of hydrogen-bond acceptors (Lipinski definition) is 5. The van der Waals surface area contributed by atoms with Gasteiger partial charge in [0.15, 0.2) is 12.4 Å². The summed E-state index contributed by atoms with van der Waals surface area (Å²) in [5.74, 6) is -0.604. The minimum Gasteiger partial charge on any atom is -0.619 e. The molecule has 0 aromatic carbocycles. The molecule has 31 heavy (non-hydrogen) atoms. The fourth-order valence-electron chi connectivity index (χ4n) is 3.41. The van der Waals surface area contributed by atoms with Crippen molar-refractivity contribution in [3.05, 3.63) is 52.4 Å². The number of rotatable bonds is 5. The van der Waals surface area contributed by atoms with Crippen LogP contribution in [0.4, 0.5) is 32.2 Å². The van der Waals surface area contributed by atoms with Crippen LogP contribution >= 0.6 is 0 Å². The number of alkyl halides is 6. The molecule has 2 N–H and O–H groups in total. The van der Waals surface area contributed by atoms with Crippen molar-refractivity contribution in [3.8, 4) is 0 Å². The van der Waals surface area contributed by atoms with E-state index in [0.717, 1.165) is 12.4 Å². The number of aromatic nitrogens is 3. The van der Waals surface area contributed by atoms with Crippen molar-refractivity contribution in [1.82, 2.24) is 9.97 Å². The lowest BCUT2D eigenvalue weighted by molar-refractivity contribution is -0.606. The van der Waals surface area contributed by atoms with Crippen LogP contribution in [0, 0.1) is 10.6 Å². The fraction of sp³-hybridized carbons (Fsp3) is 0.526. The van der Waals surface area contributed by atoms with E-state index in [-0.39, 0.29) is 35.4 Å². The maximum Gasteiger partial charge on any atom is 0.421 e. The molecule has 0 bridgehead atoms. The Morgan fingerprint density at radius 3 is 2.35 bits per heavy atom. The van der Waals surface area contributed by atoms with Gasteiger partial charge < -0.3 is 15.6 Å². The Kier molecular flexibility index (Phi) is 5.80. The Balaban J connectivity index is 1.86. The van der Waals surface area contributed by atoms with Crippen molar-refractivity contribution in [3.63, 3.8) is 0 Å². The Labute approximate surface area is 173 Å². The third kappa shape index (κ3) is 4.83. The predicted octanol–water partition coefficient (Wildman–Crippen LogP) is 3.50. The molecule has 0 spiro atoms. The number of pyridine rings is 1. The van der Waals surface area contributed by atoms with Gasteiger partial charge in [0.2, 0.25) is 0 Å². The molecule has 0 saturated heterocycles. The number of hydrogen-bond donors (Lipinski definition) is 2. The van der Waals surface area contributed by atoms with Crippen LogP contribution in [0.25, 0.3) is 0 Å². The molecule has 12 heteroatoms. The summed E-state index contributed by atoms with van der Waals surface area (Å²) in [7, 11) is 0. The Morgan fingerprint density at radius 2 is 1.81 bits per heavy atom. The van der Waals surface area contributed by atoms with E-state index >= 15 is 0 Å². The van der Waals surface area contributed by atoms with Crippen LogP contribution in [0.3, 0.4) is 0 Å². The third-order valence-corrected chi connectivity index (χ3v) is 5.61. The first-order valence-corrected chi connectivity index (χ1v) is 9.36. The molecular formula is C19H20F6N4O2. The van der Waals surface area contributed by atoms with Gasteiger partial charge in [-0.05, 0) is 12.8 Å². The number of nitrogens with zero attached hydrogens (tertiary/aromatic N) is 3. The zero-order valence-corrected chi connectivity index (χ0v) is 16.6. The molecule has 3 rings (SSSR count). The van der Waals surface area contributed by atoms with Gasteiger partial charge in [-0.1, -0.05) is 13.8 Å². The number of anilines is 1. The molecule has 1 saturated carbocycles. The van der Waals surface area contributed by atoms with Crippen LogP contribution in [-0.4, -0.2) is 27.2 Å². The zero-order valence-electron chi connectivity index (χ0n) is 16.6. The van der Waals surface area contributed by atoms with E-state index in [9.17, 15) is 36.7 Å². The molecule has 0 aliphatic heterocycles. The molecule has 1 aliphatic carbocycles. The maximum absolute atomic E-state index is 13.4. The lowest BCUT2D eigenvalue weighted by Crippen LogP contribution is -2.57. The van der Waals surface area contributed by atoms with E-state index in [1.54, 1.807) is 13.8 Å². The number of aryl methyl sites for hydroxylation is 2. The second-order valence-corrected chi connectivity index (χ2v) is 8.06. The van der Waals surface area contributed by atoms with E-state index in [1.165, 1.54) is 0 Å². The summed E-state index contributed by atoms with van der Waals surface area (Å²) < 4.78 is 79.8. The Hall–Kier alpha value is -2.63. The van der Waals surface area contributed by atoms with Crippen molar-refractivity contribution < 1.29 is 36.2 Å². The van der Waals surface area contributed by atoms with Crippen molar-refractivity contribution in [2.45, 2.75) is 57.6 Å². The highest BCUT2D eigenvalue weighted by molar-refractivity contribution is 5.47. The van der Waals surface area contributed by atoms with Gasteiger partial charge in [-0.25, -0.2) is 9.97 Å². The third-order valence-electron chi connectivity index (χ3n) is 5.61. The van der Waals surface area contributed by atoms with Crippen LogP contribution < -0.4 is 10.0 Å². The number of aliphatic hydroxyl groups is 1. The normalized spacial score (nSPS) is 20.9.